The van der Waals surface area contributed by atoms with Crippen LogP contribution < -0.4 is 5.32 Å². The predicted molar refractivity (Wildman–Crippen MR) is 68.4 cm³/mol. The molecule has 18 heavy (non-hydrogen) atoms. The largest absolute Gasteiger partial charge is 0.305 e. The molecule has 0 saturated heterocycles. The number of nitrogens with zero attached hydrogens (tertiary/aromatic N) is 3. The smallest absolute Gasteiger partial charge is 0.144 e. The zero-order valence-electron chi connectivity index (χ0n) is 10.2. The van der Waals surface area contributed by atoms with Crippen LogP contribution in [0.25, 0.3) is 0 Å². The maximum absolute atomic E-state index is 8.95. The Balaban J connectivity index is 2.02. The minimum atomic E-state index is 0.137. The van der Waals surface area contributed by atoms with Crippen molar-refractivity contribution in [3.8, 4) is 6.07 Å². The van der Waals surface area contributed by atoms with Crippen LogP contribution in [0.3, 0.4) is 0 Å². The van der Waals surface area contributed by atoms with Crippen LogP contribution in [-0.2, 0) is 6.54 Å². The van der Waals surface area contributed by atoms with E-state index in [1.54, 1.807) is 12.4 Å². The Kier molecular flexibility index (Phi) is 4.00. The fourth-order valence-electron chi connectivity index (χ4n) is 1.68. The molecular formula is C14H14N4. The monoisotopic (exact) mass is 238 g/mol. The molecule has 4 heteroatoms. The summed E-state index contributed by atoms with van der Waals surface area (Å²) in [5, 5.41) is 12.3. The van der Waals surface area contributed by atoms with Crippen LogP contribution in [-0.4, -0.2) is 9.97 Å². The van der Waals surface area contributed by atoms with Gasteiger partial charge in [0.2, 0.25) is 0 Å². The molecule has 4 nitrogen and oxygen atoms in total. The van der Waals surface area contributed by atoms with E-state index in [1.807, 2.05) is 37.3 Å². The molecule has 1 N–H and O–H groups in total. The van der Waals surface area contributed by atoms with Crippen molar-refractivity contribution in [3.05, 3.63) is 59.7 Å². The molecule has 1 atom stereocenters. The summed E-state index contributed by atoms with van der Waals surface area (Å²) in [7, 11) is 0. The zero-order chi connectivity index (χ0) is 12.8. The number of rotatable bonds is 4. The molecular weight excluding hydrogens is 224 g/mol. The number of hydrogen-bond acceptors (Lipinski definition) is 4. The highest BCUT2D eigenvalue weighted by molar-refractivity contribution is 5.30. The lowest BCUT2D eigenvalue weighted by Crippen LogP contribution is -2.19. The summed E-state index contributed by atoms with van der Waals surface area (Å²) in [6.45, 7) is 2.65. The van der Waals surface area contributed by atoms with Crippen molar-refractivity contribution in [2.24, 2.45) is 0 Å². The summed E-state index contributed by atoms with van der Waals surface area (Å²) >= 11 is 0. The third-order valence-electron chi connectivity index (χ3n) is 2.73. The van der Waals surface area contributed by atoms with Crippen LogP contribution in [0.15, 0.2) is 42.7 Å². The van der Waals surface area contributed by atoms with Gasteiger partial charge in [-0.05, 0) is 25.1 Å². The van der Waals surface area contributed by atoms with E-state index in [2.05, 4.69) is 21.4 Å². The van der Waals surface area contributed by atoms with Crippen molar-refractivity contribution < 1.29 is 0 Å². The topological polar surface area (TPSA) is 61.6 Å². The van der Waals surface area contributed by atoms with E-state index >= 15 is 0 Å². The Bertz CT molecular complexity index is 545. The van der Waals surface area contributed by atoms with Gasteiger partial charge >= 0.3 is 0 Å². The third-order valence-corrected chi connectivity index (χ3v) is 2.73. The zero-order valence-corrected chi connectivity index (χ0v) is 10.2. The van der Waals surface area contributed by atoms with Gasteiger partial charge in [0.15, 0.2) is 0 Å². The Hall–Kier alpha value is -2.25. The molecule has 2 aromatic rings. The maximum atomic E-state index is 8.95. The van der Waals surface area contributed by atoms with Crippen molar-refractivity contribution in [2.75, 3.05) is 0 Å². The summed E-state index contributed by atoms with van der Waals surface area (Å²) in [6, 6.07) is 11.8. The van der Waals surface area contributed by atoms with E-state index in [0.717, 1.165) is 11.3 Å². The molecule has 2 rings (SSSR count). The first kappa shape index (κ1) is 12.2. The van der Waals surface area contributed by atoms with Crippen molar-refractivity contribution in [1.82, 2.24) is 15.3 Å². The molecule has 0 unspecified atom stereocenters. The van der Waals surface area contributed by atoms with Gasteiger partial charge < -0.3 is 5.32 Å². The molecule has 0 fully saturated rings. The second kappa shape index (κ2) is 5.89. The van der Waals surface area contributed by atoms with Crippen LogP contribution in [0.2, 0.25) is 0 Å². The second-order valence-corrected chi connectivity index (χ2v) is 3.98. The minimum Gasteiger partial charge on any atom is -0.305 e. The lowest BCUT2D eigenvalue weighted by molar-refractivity contribution is 0.560. The number of nitriles is 1. The van der Waals surface area contributed by atoms with Crippen LogP contribution >= 0.6 is 0 Å². The van der Waals surface area contributed by atoms with Gasteiger partial charge in [-0.1, -0.05) is 12.1 Å². The van der Waals surface area contributed by atoms with Crippen molar-refractivity contribution in [2.45, 2.75) is 19.5 Å². The van der Waals surface area contributed by atoms with E-state index in [-0.39, 0.29) is 6.04 Å². The Morgan fingerprint density at radius 2 is 2.06 bits per heavy atom. The molecule has 0 amide bonds. The molecule has 2 aromatic heterocycles. The van der Waals surface area contributed by atoms with Gasteiger partial charge in [-0.25, -0.2) is 4.98 Å². The number of pyridine rings is 2. The van der Waals surface area contributed by atoms with Crippen molar-refractivity contribution in [1.29, 1.82) is 5.26 Å². The van der Waals surface area contributed by atoms with Crippen LogP contribution in [0.5, 0.6) is 0 Å². The Morgan fingerprint density at radius 3 is 2.78 bits per heavy atom. The number of nitrogens with one attached hydrogen (secondary N) is 1. The highest BCUT2D eigenvalue weighted by Crippen LogP contribution is 2.10. The van der Waals surface area contributed by atoms with E-state index < -0.39 is 0 Å². The Labute approximate surface area is 106 Å². The van der Waals surface area contributed by atoms with Crippen molar-refractivity contribution >= 4 is 0 Å². The first-order chi connectivity index (χ1) is 8.81. The van der Waals surface area contributed by atoms with Gasteiger partial charge in [0.25, 0.3) is 0 Å². The fraction of sp³-hybridized carbons (Fsp3) is 0.214. The van der Waals surface area contributed by atoms with Gasteiger partial charge in [-0.3, -0.25) is 4.98 Å². The Morgan fingerprint density at radius 1 is 1.22 bits per heavy atom. The summed E-state index contributed by atoms with van der Waals surface area (Å²) in [5.41, 5.74) is 2.36. The molecule has 90 valence electrons. The predicted octanol–water partition coefficient (Wildman–Crippen LogP) is 2.20. The fourth-order valence-corrected chi connectivity index (χ4v) is 1.68. The molecule has 0 spiro atoms. The molecule has 0 aliphatic carbocycles. The summed E-state index contributed by atoms with van der Waals surface area (Å²) in [6.07, 6.45) is 3.41. The highest BCUT2D eigenvalue weighted by atomic mass is 14.9. The van der Waals surface area contributed by atoms with Gasteiger partial charge in [0, 0.05) is 30.5 Å². The maximum Gasteiger partial charge on any atom is 0.144 e. The van der Waals surface area contributed by atoms with E-state index in [1.165, 1.54) is 0 Å². The molecule has 0 bridgehead atoms. The number of aromatic nitrogens is 2. The molecule has 0 aromatic carbocycles. The molecule has 0 radical (unpaired) electrons. The molecule has 2 heterocycles. The SMILES string of the molecule is C[C@@H](NCc1cccnc1C#N)c1ccccn1. The lowest BCUT2D eigenvalue weighted by Gasteiger charge is -2.13. The van der Waals surface area contributed by atoms with Crippen LogP contribution in [0.4, 0.5) is 0 Å². The first-order valence-corrected chi connectivity index (χ1v) is 5.79. The average Bonchev–Trinajstić information content (AvgIpc) is 2.46. The van der Waals surface area contributed by atoms with Gasteiger partial charge in [-0.2, -0.15) is 5.26 Å². The van der Waals surface area contributed by atoms with E-state index in [4.69, 9.17) is 5.26 Å². The molecule has 0 aliphatic rings. The highest BCUT2D eigenvalue weighted by Gasteiger charge is 2.07. The quantitative estimate of drug-likeness (QED) is 0.887. The normalized spacial score (nSPS) is 11.8. The third kappa shape index (κ3) is 2.90. The molecule has 0 saturated carbocycles. The lowest BCUT2D eigenvalue weighted by atomic mass is 10.1. The van der Waals surface area contributed by atoms with Crippen LogP contribution in [0, 0.1) is 11.3 Å². The van der Waals surface area contributed by atoms with Gasteiger partial charge in [0.1, 0.15) is 11.8 Å². The number of hydrogen-bond donors (Lipinski definition) is 1. The second-order valence-electron chi connectivity index (χ2n) is 3.98. The summed E-state index contributed by atoms with van der Waals surface area (Å²) in [4.78, 5) is 8.32. The van der Waals surface area contributed by atoms with Crippen molar-refractivity contribution in [3.63, 3.8) is 0 Å². The summed E-state index contributed by atoms with van der Waals surface area (Å²) < 4.78 is 0. The molecule has 0 aliphatic heterocycles. The summed E-state index contributed by atoms with van der Waals surface area (Å²) in [5.74, 6) is 0. The van der Waals surface area contributed by atoms with Gasteiger partial charge in [0.05, 0.1) is 5.69 Å². The van der Waals surface area contributed by atoms with Crippen LogP contribution in [0.1, 0.15) is 29.9 Å². The van der Waals surface area contributed by atoms with E-state index in [9.17, 15) is 0 Å². The standard InChI is InChI=1S/C14H14N4/c1-11(13-6-2-3-7-16-13)18-10-12-5-4-8-17-14(12)9-15/h2-8,11,18H,10H2,1H3/t11-/m1/s1. The minimum absolute atomic E-state index is 0.137. The van der Waals surface area contributed by atoms with E-state index in [0.29, 0.717) is 12.2 Å². The first-order valence-electron chi connectivity index (χ1n) is 5.79. The van der Waals surface area contributed by atoms with Gasteiger partial charge in [-0.15, -0.1) is 0 Å². The average molecular weight is 238 g/mol.